The molecule has 4 nitrogen and oxygen atoms in total. The van der Waals surface area contributed by atoms with Gasteiger partial charge >= 0.3 is 0 Å². The Kier molecular flexibility index (Phi) is 5.90. The van der Waals surface area contributed by atoms with Crippen LogP contribution in [-0.2, 0) is 0 Å². The monoisotopic (exact) mass is 508 g/mol. The summed E-state index contributed by atoms with van der Waals surface area (Å²) in [6.07, 6.45) is 0. The summed E-state index contributed by atoms with van der Waals surface area (Å²) < 4.78 is 12.5. The van der Waals surface area contributed by atoms with Gasteiger partial charge in [-0.25, -0.2) is 9.97 Å². The maximum atomic E-state index is 6.26. The van der Waals surface area contributed by atoms with Crippen molar-refractivity contribution in [2.45, 2.75) is 0 Å². The van der Waals surface area contributed by atoms with E-state index in [2.05, 4.69) is 0 Å². The summed E-state index contributed by atoms with van der Waals surface area (Å²) in [6.45, 7) is 0. The Morgan fingerprint density at radius 1 is 0.472 bits per heavy atom. The number of para-hydroxylation sites is 2. The Morgan fingerprint density at radius 3 is 1.28 bits per heavy atom. The van der Waals surface area contributed by atoms with Crippen LogP contribution in [0.3, 0.4) is 0 Å². The smallest absolute Gasteiger partial charge is 0.139 e. The molecular weight excluding hydrogens is 491 g/mol. The van der Waals surface area contributed by atoms with E-state index < -0.39 is 0 Å². The zero-order valence-electron chi connectivity index (χ0n) is 18.9. The fraction of sp³-hybridized carbons (Fsp3) is 0. The number of hydrogen-bond acceptors (Lipinski definition) is 4. The van der Waals surface area contributed by atoms with Crippen LogP contribution in [0.4, 0.5) is 0 Å². The Labute approximate surface area is 217 Å². The summed E-state index contributed by atoms with van der Waals surface area (Å²) in [6, 6.07) is 34.1. The van der Waals surface area contributed by atoms with E-state index >= 15 is 0 Å². The van der Waals surface area contributed by atoms with Crippen LogP contribution in [0.1, 0.15) is 0 Å². The third kappa shape index (κ3) is 4.57. The fourth-order valence-corrected chi connectivity index (χ4v) is 4.23. The first-order valence-electron chi connectivity index (χ1n) is 11.3. The van der Waals surface area contributed by atoms with E-state index in [0.717, 1.165) is 21.8 Å². The molecule has 0 aliphatic heterocycles. The molecule has 2 aromatic heterocycles. The second-order valence-electron chi connectivity index (χ2n) is 8.16. The maximum Gasteiger partial charge on any atom is 0.139 e. The highest BCUT2D eigenvalue weighted by molar-refractivity contribution is 6.30. The second-order valence-corrected chi connectivity index (χ2v) is 9.03. The van der Waals surface area contributed by atoms with E-state index in [-0.39, 0.29) is 0 Å². The maximum absolute atomic E-state index is 6.26. The van der Waals surface area contributed by atoms with Crippen molar-refractivity contribution in [3.05, 3.63) is 119 Å². The van der Waals surface area contributed by atoms with E-state index in [1.54, 1.807) is 24.3 Å². The molecule has 0 atom stereocenters. The lowest BCUT2D eigenvalue weighted by molar-refractivity contribution is 0.487. The summed E-state index contributed by atoms with van der Waals surface area (Å²) in [5.74, 6) is 2.71. The number of nitrogens with zero attached hydrogens (tertiary/aromatic N) is 2. The highest BCUT2D eigenvalue weighted by Gasteiger charge is 2.14. The minimum atomic E-state index is 0.649. The quantitative estimate of drug-likeness (QED) is 0.232. The number of benzene rings is 4. The van der Waals surface area contributed by atoms with Gasteiger partial charge in [-0.15, -0.1) is 0 Å². The molecule has 0 bridgehead atoms. The normalized spacial score (nSPS) is 11.1. The minimum absolute atomic E-state index is 0.649. The second kappa shape index (κ2) is 9.50. The summed E-state index contributed by atoms with van der Waals surface area (Å²) in [5, 5.41) is 3.09. The molecule has 36 heavy (non-hydrogen) atoms. The van der Waals surface area contributed by atoms with Gasteiger partial charge in [0.05, 0.1) is 22.4 Å². The molecule has 0 aliphatic carbocycles. The van der Waals surface area contributed by atoms with Crippen molar-refractivity contribution in [1.82, 2.24) is 9.97 Å². The molecule has 0 unspecified atom stereocenters. The lowest BCUT2D eigenvalue weighted by Gasteiger charge is -2.13. The SMILES string of the molecule is Clc1ccc(Oc2cc(-c3cc(Oc4ccc(Cl)cc4)c4ccccc4n3)nc3ccccc23)cc1. The number of fused-ring (bicyclic) bond motifs is 2. The van der Waals surface area contributed by atoms with Crippen molar-refractivity contribution in [2.75, 3.05) is 0 Å². The van der Waals surface area contributed by atoms with E-state index in [1.807, 2.05) is 84.9 Å². The van der Waals surface area contributed by atoms with Crippen LogP contribution in [0.2, 0.25) is 10.0 Å². The van der Waals surface area contributed by atoms with Crippen molar-refractivity contribution < 1.29 is 9.47 Å². The van der Waals surface area contributed by atoms with Gasteiger partial charge in [0.1, 0.15) is 23.0 Å². The van der Waals surface area contributed by atoms with Gasteiger partial charge in [0.15, 0.2) is 0 Å². The fourth-order valence-electron chi connectivity index (χ4n) is 3.98. The van der Waals surface area contributed by atoms with Gasteiger partial charge in [-0.1, -0.05) is 47.5 Å². The van der Waals surface area contributed by atoms with E-state index in [0.29, 0.717) is 44.4 Å². The molecule has 6 heteroatoms. The van der Waals surface area contributed by atoms with E-state index in [4.69, 9.17) is 42.6 Å². The van der Waals surface area contributed by atoms with Crippen LogP contribution in [0.25, 0.3) is 33.2 Å². The van der Waals surface area contributed by atoms with Crippen LogP contribution in [0, 0.1) is 0 Å². The lowest BCUT2D eigenvalue weighted by atomic mass is 10.1. The number of pyridine rings is 2. The van der Waals surface area contributed by atoms with Crippen LogP contribution in [-0.4, -0.2) is 9.97 Å². The van der Waals surface area contributed by atoms with E-state index in [9.17, 15) is 0 Å². The van der Waals surface area contributed by atoms with Gasteiger partial charge in [-0.3, -0.25) is 0 Å². The van der Waals surface area contributed by atoms with Gasteiger partial charge in [0.25, 0.3) is 0 Å². The van der Waals surface area contributed by atoms with Crippen molar-refractivity contribution in [3.63, 3.8) is 0 Å². The summed E-state index contributed by atoms with van der Waals surface area (Å²) in [4.78, 5) is 9.78. The number of rotatable bonds is 5. The predicted octanol–water partition coefficient (Wildman–Crippen LogP) is 9.34. The molecule has 0 spiro atoms. The number of ether oxygens (including phenoxy) is 2. The van der Waals surface area contributed by atoms with Gasteiger partial charge in [-0.2, -0.15) is 0 Å². The summed E-state index contributed by atoms with van der Waals surface area (Å²) in [5.41, 5.74) is 2.94. The van der Waals surface area contributed by atoms with Gasteiger partial charge < -0.3 is 9.47 Å². The molecule has 0 radical (unpaired) electrons. The number of halogens is 2. The molecule has 0 fully saturated rings. The standard InChI is InChI=1S/C30H18Cl2N2O2/c31-19-9-13-21(14-10-19)35-29-17-27(33-25-7-3-1-5-23(25)29)28-18-30(24-6-2-4-8-26(24)34-28)36-22-15-11-20(32)12-16-22/h1-18H. The summed E-state index contributed by atoms with van der Waals surface area (Å²) >= 11 is 12.1. The van der Waals surface area contributed by atoms with Gasteiger partial charge in [0, 0.05) is 33.0 Å². The zero-order valence-corrected chi connectivity index (χ0v) is 20.4. The van der Waals surface area contributed by atoms with Gasteiger partial charge in [0.2, 0.25) is 0 Å². The molecule has 0 amide bonds. The predicted molar refractivity (Wildman–Crippen MR) is 146 cm³/mol. The topological polar surface area (TPSA) is 44.2 Å². The Balaban J connectivity index is 1.49. The Bertz CT molecular complexity index is 1570. The molecule has 0 aliphatic rings. The van der Waals surface area contributed by atoms with Crippen LogP contribution in [0.5, 0.6) is 23.0 Å². The lowest BCUT2D eigenvalue weighted by Crippen LogP contribution is -1.95. The van der Waals surface area contributed by atoms with Crippen LogP contribution < -0.4 is 9.47 Å². The minimum Gasteiger partial charge on any atom is -0.457 e. The molecule has 6 rings (SSSR count). The molecule has 4 aromatic carbocycles. The van der Waals surface area contributed by atoms with Gasteiger partial charge in [-0.05, 0) is 72.8 Å². The highest BCUT2D eigenvalue weighted by Crippen LogP contribution is 2.37. The van der Waals surface area contributed by atoms with Crippen molar-refractivity contribution >= 4 is 45.0 Å². The zero-order chi connectivity index (χ0) is 24.5. The van der Waals surface area contributed by atoms with Crippen molar-refractivity contribution in [1.29, 1.82) is 0 Å². The highest BCUT2D eigenvalue weighted by atomic mass is 35.5. The Hall–Kier alpha value is -4.12. The third-order valence-corrected chi connectivity index (χ3v) is 6.21. The molecular formula is C30H18Cl2N2O2. The molecule has 6 aromatic rings. The number of aromatic nitrogens is 2. The first-order valence-corrected chi connectivity index (χ1v) is 12.0. The molecule has 0 N–H and O–H groups in total. The molecule has 174 valence electrons. The van der Waals surface area contributed by atoms with E-state index in [1.165, 1.54) is 0 Å². The summed E-state index contributed by atoms with van der Waals surface area (Å²) in [7, 11) is 0. The molecule has 2 heterocycles. The van der Waals surface area contributed by atoms with Crippen molar-refractivity contribution in [2.24, 2.45) is 0 Å². The largest absolute Gasteiger partial charge is 0.457 e. The first-order chi connectivity index (χ1) is 17.6. The number of hydrogen-bond donors (Lipinski definition) is 0. The first kappa shape index (κ1) is 22.4. The average molecular weight is 509 g/mol. The van der Waals surface area contributed by atoms with Crippen molar-refractivity contribution in [3.8, 4) is 34.4 Å². The Morgan fingerprint density at radius 2 is 0.861 bits per heavy atom. The van der Waals surface area contributed by atoms with Crippen LogP contribution >= 0.6 is 23.2 Å². The van der Waals surface area contributed by atoms with Crippen LogP contribution in [0.15, 0.2) is 109 Å². The average Bonchev–Trinajstić information content (AvgIpc) is 2.91. The molecule has 0 saturated heterocycles. The molecule has 0 saturated carbocycles. The third-order valence-electron chi connectivity index (χ3n) is 5.70.